The summed E-state index contributed by atoms with van der Waals surface area (Å²) >= 11 is 1.43. The maximum atomic E-state index is 12.6. The van der Waals surface area contributed by atoms with Gasteiger partial charge in [-0.05, 0) is 61.6 Å². The van der Waals surface area contributed by atoms with Gasteiger partial charge < -0.3 is 5.32 Å². The molecule has 0 unspecified atom stereocenters. The highest BCUT2D eigenvalue weighted by Gasteiger charge is 2.17. The molecule has 0 aliphatic rings. The molecule has 128 valence electrons. The van der Waals surface area contributed by atoms with Crippen molar-refractivity contribution in [1.29, 1.82) is 0 Å². The minimum atomic E-state index is -3.74. The lowest BCUT2D eigenvalue weighted by Crippen LogP contribution is -2.14. The second-order valence-electron chi connectivity index (χ2n) is 5.45. The first kappa shape index (κ1) is 18.4. The van der Waals surface area contributed by atoms with E-state index in [0.717, 1.165) is 16.0 Å². The molecule has 0 aliphatic carbocycles. The molecule has 1 amide bonds. The number of sulfonamides is 1. The number of nitrogens with one attached hydrogen (secondary N) is 2. The summed E-state index contributed by atoms with van der Waals surface area (Å²) in [5.41, 5.74) is 3.09. The largest absolute Gasteiger partial charge is 0.325 e. The Morgan fingerprint density at radius 2 is 1.75 bits per heavy atom. The normalized spacial score (nSPS) is 11.2. The van der Waals surface area contributed by atoms with Gasteiger partial charge >= 0.3 is 0 Å². The van der Waals surface area contributed by atoms with Gasteiger partial charge in [0.15, 0.2) is 0 Å². The molecule has 0 aliphatic heterocycles. The van der Waals surface area contributed by atoms with Crippen LogP contribution in [-0.4, -0.2) is 20.6 Å². The summed E-state index contributed by atoms with van der Waals surface area (Å²) in [7, 11) is -3.74. The van der Waals surface area contributed by atoms with E-state index in [-0.39, 0.29) is 10.8 Å². The molecule has 2 aromatic carbocycles. The topological polar surface area (TPSA) is 75.3 Å². The first-order valence-corrected chi connectivity index (χ1v) is 9.99. The number of anilines is 2. The molecule has 0 fully saturated rings. The number of amides is 1. The predicted molar refractivity (Wildman–Crippen MR) is 99.3 cm³/mol. The van der Waals surface area contributed by atoms with Crippen LogP contribution in [-0.2, 0) is 14.8 Å². The molecule has 2 aromatic rings. The summed E-state index contributed by atoms with van der Waals surface area (Å²) in [6.45, 7) is 5.28. The number of rotatable bonds is 5. The molecule has 0 radical (unpaired) electrons. The van der Waals surface area contributed by atoms with Crippen molar-refractivity contribution in [3.8, 4) is 0 Å². The molecule has 0 spiro atoms. The van der Waals surface area contributed by atoms with Crippen LogP contribution in [0, 0.1) is 13.8 Å². The Morgan fingerprint density at radius 3 is 2.33 bits per heavy atom. The van der Waals surface area contributed by atoms with Crippen molar-refractivity contribution >= 4 is 39.1 Å². The van der Waals surface area contributed by atoms with Crippen LogP contribution in [0.25, 0.3) is 0 Å². The second-order valence-corrected chi connectivity index (χ2v) is 7.98. The Hall–Kier alpha value is -1.99. The Labute approximate surface area is 146 Å². The minimum Gasteiger partial charge on any atom is -0.325 e. The van der Waals surface area contributed by atoms with Gasteiger partial charge in [0.1, 0.15) is 0 Å². The highest BCUT2D eigenvalue weighted by atomic mass is 32.2. The summed E-state index contributed by atoms with van der Waals surface area (Å²) in [6.07, 6.45) is 1.86. The van der Waals surface area contributed by atoms with Gasteiger partial charge in [0, 0.05) is 17.5 Å². The molecule has 2 rings (SSSR count). The smallest absolute Gasteiger partial charge is 0.261 e. The number of hydrogen-bond donors (Lipinski definition) is 2. The standard InChI is InChI=1S/C17H20N2O3S2/c1-11-5-6-14(9-12(11)2)19-24(21,22)15-7-8-17(23-4)16(10-15)18-13(3)20/h5-10,19H,1-4H3,(H,18,20). The lowest BCUT2D eigenvalue weighted by Gasteiger charge is -2.13. The minimum absolute atomic E-state index is 0.0993. The van der Waals surface area contributed by atoms with E-state index in [4.69, 9.17) is 0 Å². The van der Waals surface area contributed by atoms with Crippen LogP contribution >= 0.6 is 11.8 Å². The average Bonchev–Trinajstić information content (AvgIpc) is 2.50. The molecule has 0 heterocycles. The van der Waals surface area contributed by atoms with E-state index in [9.17, 15) is 13.2 Å². The van der Waals surface area contributed by atoms with Crippen LogP contribution in [0.15, 0.2) is 46.2 Å². The molecule has 0 atom stereocenters. The number of carbonyl (C=O) groups excluding carboxylic acids is 1. The Balaban J connectivity index is 2.37. The van der Waals surface area contributed by atoms with Gasteiger partial charge in [0.25, 0.3) is 10.0 Å². The van der Waals surface area contributed by atoms with Crippen molar-refractivity contribution in [2.24, 2.45) is 0 Å². The Kier molecular flexibility index (Phi) is 5.56. The SMILES string of the molecule is CSc1ccc(S(=O)(=O)Nc2ccc(C)c(C)c2)cc1NC(C)=O. The Morgan fingerprint density at radius 1 is 1.04 bits per heavy atom. The van der Waals surface area contributed by atoms with E-state index in [2.05, 4.69) is 10.0 Å². The molecule has 2 N–H and O–H groups in total. The lowest BCUT2D eigenvalue weighted by molar-refractivity contribution is -0.114. The van der Waals surface area contributed by atoms with Crippen molar-refractivity contribution in [3.05, 3.63) is 47.5 Å². The van der Waals surface area contributed by atoms with E-state index in [1.54, 1.807) is 18.2 Å². The molecular weight excluding hydrogens is 344 g/mol. The molecular formula is C17H20N2O3S2. The highest BCUT2D eigenvalue weighted by molar-refractivity contribution is 7.98. The van der Waals surface area contributed by atoms with Crippen LogP contribution in [0.2, 0.25) is 0 Å². The van der Waals surface area contributed by atoms with Crippen molar-refractivity contribution in [3.63, 3.8) is 0 Å². The van der Waals surface area contributed by atoms with E-state index >= 15 is 0 Å². The monoisotopic (exact) mass is 364 g/mol. The van der Waals surface area contributed by atoms with Gasteiger partial charge in [-0.2, -0.15) is 0 Å². The second kappa shape index (κ2) is 7.27. The van der Waals surface area contributed by atoms with Crippen molar-refractivity contribution in [2.75, 3.05) is 16.3 Å². The quantitative estimate of drug-likeness (QED) is 0.792. The maximum absolute atomic E-state index is 12.6. The van der Waals surface area contributed by atoms with Gasteiger partial charge in [0.05, 0.1) is 10.6 Å². The summed E-state index contributed by atoms with van der Waals surface area (Å²) < 4.78 is 27.8. The Bertz CT molecular complexity index is 877. The fourth-order valence-electron chi connectivity index (χ4n) is 2.16. The number of thioether (sulfide) groups is 1. The van der Waals surface area contributed by atoms with Crippen LogP contribution < -0.4 is 10.0 Å². The number of hydrogen-bond acceptors (Lipinski definition) is 4. The molecule has 0 bridgehead atoms. The van der Waals surface area contributed by atoms with E-state index in [0.29, 0.717) is 11.4 Å². The summed E-state index contributed by atoms with van der Waals surface area (Å²) in [4.78, 5) is 12.2. The molecule has 5 nitrogen and oxygen atoms in total. The zero-order valence-electron chi connectivity index (χ0n) is 14.0. The molecule has 0 saturated carbocycles. The van der Waals surface area contributed by atoms with Gasteiger partial charge in [-0.1, -0.05) is 6.07 Å². The fraction of sp³-hybridized carbons (Fsp3) is 0.235. The van der Waals surface area contributed by atoms with Gasteiger partial charge in [-0.3, -0.25) is 9.52 Å². The van der Waals surface area contributed by atoms with Crippen molar-refractivity contribution in [2.45, 2.75) is 30.6 Å². The molecule has 0 saturated heterocycles. The summed E-state index contributed by atoms with van der Waals surface area (Å²) in [6, 6.07) is 10.1. The molecule has 0 aromatic heterocycles. The average molecular weight is 364 g/mol. The van der Waals surface area contributed by atoms with Crippen LogP contribution in [0.5, 0.6) is 0 Å². The number of aryl methyl sites for hydroxylation is 2. The fourth-order valence-corrected chi connectivity index (χ4v) is 3.77. The van der Waals surface area contributed by atoms with Crippen LogP contribution in [0.3, 0.4) is 0 Å². The van der Waals surface area contributed by atoms with Gasteiger partial charge in [-0.25, -0.2) is 8.42 Å². The third-order valence-electron chi connectivity index (χ3n) is 3.55. The van der Waals surface area contributed by atoms with E-state index < -0.39 is 10.0 Å². The van der Waals surface area contributed by atoms with E-state index in [1.807, 2.05) is 26.2 Å². The predicted octanol–water partition coefficient (Wildman–Crippen LogP) is 3.78. The van der Waals surface area contributed by atoms with E-state index in [1.165, 1.54) is 30.8 Å². The summed E-state index contributed by atoms with van der Waals surface area (Å²) in [5.74, 6) is -0.248. The van der Waals surface area contributed by atoms with Gasteiger partial charge in [-0.15, -0.1) is 11.8 Å². The third-order valence-corrected chi connectivity index (χ3v) is 5.73. The van der Waals surface area contributed by atoms with Crippen molar-refractivity contribution in [1.82, 2.24) is 0 Å². The zero-order valence-corrected chi connectivity index (χ0v) is 15.6. The molecule has 24 heavy (non-hydrogen) atoms. The lowest BCUT2D eigenvalue weighted by atomic mass is 10.1. The summed E-state index contributed by atoms with van der Waals surface area (Å²) in [5, 5.41) is 2.67. The van der Waals surface area contributed by atoms with Gasteiger partial charge in [0.2, 0.25) is 5.91 Å². The number of carbonyl (C=O) groups is 1. The molecule has 7 heteroatoms. The first-order valence-electron chi connectivity index (χ1n) is 7.28. The maximum Gasteiger partial charge on any atom is 0.261 e. The van der Waals surface area contributed by atoms with Crippen molar-refractivity contribution < 1.29 is 13.2 Å². The first-order chi connectivity index (χ1) is 11.2. The number of benzene rings is 2. The highest BCUT2D eigenvalue weighted by Crippen LogP contribution is 2.29. The zero-order chi connectivity index (χ0) is 17.9. The third kappa shape index (κ3) is 4.30. The van der Waals surface area contributed by atoms with Crippen LogP contribution in [0.1, 0.15) is 18.1 Å². The van der Waals surface area contributed by atoms with Crippen LogP contribution in [0.4, 0.5) is 11.4 Å².